The van der Waals surface area contributed by atoms with Crippen LogP contribution < -0.4 is 10.6 Å². The molecule has 3 rings (SSSR count). The van der Waals surface area contributed by atoms with Gasteiger partial charge in [-0.1, -0.05) is 30.8 Å². The molecule has 2 aliphatic rings. The van der Waals surface area contributed by atoms with Crippen molar-refractivity contribution in [2.45, 2.75) is 38.3 Å². The van der Waals surface area contributed by atoms with Gasteiger partial charge in [0.05, 0.1) is 0 Å². The molecule has 2 aliphatic heterocycles. The molecule has 0 aromatic heterocycles. The van der Waals surface area contributed by atoms with Gasteiger partial charge in [0.25, 0.3) is 0 Å². The van der Waals surface area contributed by atoms with Gasteiger partial charge in [0.15, 0.2) is 0 Å². The largest absolute Gasteiger partial charge is 0.389 e. The Balaban J connectivity index is 1.88. The summed E-state index contributed by atoms with van der Waals surface area (Å²) in [7, 11) is 0. The Kier molecular flexibility index (Phi) is 3.94. The Labute approximate surface area is 126 Å². The number of piperazine rings is 1. The summed E-state index contributed by atoms with van der Waals surface area (Å²) in [6.45, 7) is 5.82. The minimum atomic E-state index is 0.499. The van der Waals surface area contributed by atoms with E-state index in [0.29, 0.717) is 17.1 Å². The highest BCUT2D eigenvalue weighted by atomic mass is 32.1. The lowest BCUT2D eigenvalue weighted by atomic mass is 9.96. The van der Waals surface area contributed by atoms with Crippen molar-refractivity contribution in [3.63, 3.8) is 0 Å². The van der Waals surface area contributed by atoms with Crippen LogP contribution in [-0.2, 0) is 0 Å². The minimum absolute atomic E-state index is 0.499. The van der Waals surface area contributed by atoms with Crippen LogP contribution in [0.5, 0.6) is 0 Å². The standard InChI is InChI=1S/C16H23N3S/c1-12-10-18-9-5-4-6-13(18)11-19(12)15-8-3-2-7-14(15)16(17)20/h2-3,7-8,12-13H,4-6,9-11H2,1H3,(H2,17,20). The predicted octanol–water partition coefficient (Wildman–Crippen LogP) is 2.38. The topological polar surface area (TPSA) is 32.5 Å². The lowest BCUT2D eigenvalue weighted by Crippen LogP contribution is -2.59. The Morgan fingerprint density at radius 3 is 2.85 bits per heavy atom. The van der Waals surface area contributed by atoms with Crippen LogP contribution in [0, 0.1) is 0 Å². The number of piperidine rings is 1. The van der Waals surface area contributed by atoms with Gasteiger partial charge >= 0.3 is 0 Å². The third kappa shape index (κ3) is 2.54. The number of fused-ring (bicyclic) bond motifs is 1. The summed E-state index contributed by atoms with van der Waals surface area (Å²) in [5, 5.41) is 0. The summed E-state index contributed by atoms with van der Waals surface area (Å²) in [6.07, 6.45) is 4.03. The molecule has 0 saturated carbocycles. The molecule has 1 aromatic rings. The number of rotatable bonds is 2. The maximum Gasteiger partial charge on any atom is 0.106 e. The molecule has 2 fully saturated rings. The van der Waals surface area contributed by atoms with Crippen molar-refractivity contribution in [3.8, 4) is 0 Å². The van der Waals surface area contributed by atoms with Crippen LogP contribution >= 0.6 is 12.2 Å². The van der Waals surface area contributed by atoms with E-state index >= 15 is 0 Å². The zero-order valence-electron chi connectivity index (χ0n) is 12.1. The van der Waals surface area contributed by atoms with Gasteiger partial charge in [-0.3, -0.25) is 4.90 Å². The summed E-state index contributed by atoms with van der Waals surface area (Å²) in [6, 6.07) is 9.50. The fraction of sp³-hybridized carbons (Fsp3) is 0.562. The highest BCUT2D eigenvalue weighted by molar-refractivity contribution is 7.80. The predicted molar refractivity (Wildman–Crippen MR) is 88.3 cm³/mol. The molecule has 0 aliphatic carbocycles. The van der Waals surface area contributed by atoms with E-state index in [-0.39, 0.29) is 0 Å². The van der Waals surface area contributed by atoms with E-state index in [1.807, 2.05) is 12.1 Å². The molecule has 2 atom stereocenters. The molecule has 108 valence electrons. The van der Waals surface area contributed by atoms with Crippen molar-refractivity contribution < 1.29 is 0 Å². The number of hydrogen-bond acceptors (Lipinski definition) is 3. The third-order valence-corrected chi connectivity index (χ3v) is 4.89. The molecule has 2 N–H and O–H groups in total. The smallest absolute Gasteiger partial charge is 0.106 e. The maximum atomic E-state index is 5.89. The first-order chi connectivity index (χ1) is 9.66. The van der Waals surface area contributed by atoms with Gasteiger partial charge in [0, 0.05) is 36.4 Å². The van der Waals surface area contributed by atoms with Crippen molar-refractivity contribution in [1.82, 2.24) is 4.90 Å². The van der Waals surface area contributed by atoms with E-state index in [1.54, 1.807) is 0 Å². The second kappa shape index (κ2) is 5.70. The lowest BCUT2D eigenvalue weighted by Gasteiger charge is -2.48. The average molecular weight is 289 g/mol. The van der Waals surface area contributed by atoms with Gasteiger partial charge in [0.1, 0.15) is 4.99 Å². The van der Waals surface area contributed by atoms with Gasteiger partial charge in [0.2, 0.25) is 0 Å². The Bertz CT molecular complexity index is 502. The zero-order valence-corrected chi connectivity index (χ0v) is 12.9. The molecule has 2 heterocycles. The number of benzene rings is 1. The summed E-state index contributed by atoms with van der Waals surface area (Å²) in [5.41, 5.74) is 8.11. The van der Waals surface area contributed by atoms with Crippen LogP contribution in [0.25, 0.3) is 0 Å². The molecular weight excluding hydrogens is 266 g/mol. The fourth-order valence-corrected chi connectivity index (χ4v) is 3.79. The number of para-hydroxylation sites is 1. The van der Waals surface area contributed by atoms with E-state index in [1.165, 1.54) is 31.5 Å². The number of anilines is 1. The second-order valence-corrected chi connectivity index (χ2v) is 6.47. The van der Waals surface area contributed by atoms with Gasteiger partial charge < -0.3 is 10.6 Å². The average Bonchev–Trinajstić information content (AvgIpc) is 2.46. The molecule has 4 heteroatoms. The monoisotopic (exact) mass is 289 g/mol. The number of thiocarbonyl (C=S) groups is 1. The summed E-state index contributed by atoms with van der Waals surface area (Å²) >= 11 is 5.21. The first-order valence-electron chi connectivity index (χ1n) is 7.56. The number of nitrogens with two attached hydrogens (primary N) is 1. The van der Waals surface area contributed by atoms with Gasteiger partial charge in [-0.25, -0.2) is 0 Å². The van der Waals surface area contributed by atoms with Gasteiger partial charge in [-0.15, -0.1) is 0 Å². The third-order valence-electron chi connectivity index (χ3n) is 4.67. The SMILES string of the molecule is CC1CN2CCCCC2CN1c1ccccc1C(N)=S. The molecule has 0 bridgehead atoms. The highest BCUT2D eigenvalue weighted by Gasteiger charge is 2.33. The normalized spacial score (nSPS) is 27.1. The molecule has 0 amide bonds. The number of nitrogens with zero attached hydrogens (tertiary/aromatic N) is 2. The summed E-state index contributed by atoms with van der Waals surface area (Å²) in [5.74, 6) is 0. The first kappa shape index (κ1) is 13.8. The molecule has 2 unspecified atom stereocenters. The van der Waals surface area contributed by atoms with E-state index < -0.39 is 0 Å². The molecule has 3 nitrogen and oxygen atoms in total. The van der Waals surface area contributed by atoms with Crippen LogP contribution in [0.1, 0.15) is 31.7 Å². The van der Waals surface area contributed by atoms with Gasteiger partial charge in [-0.05, 0) is 38.4 Å². The fourth-order valence-electron chi connectivity index (χ4n) is 3.62. The van der Waals surface area contributed by atoms with Gasteiger partial charge in [-0.2, -0.15) is 0 Å². The molecular formula is C16H23N3S. The van der Waals surface area contributed by atoms with E-state index in [2.05, 4.69) is 28.9 Å². The van der Waals surface area contributed by atoms with E-state index in [4.69, 9.17) is 18.0 Å². The molecule has 0 radical (unpaired) electrons. The van der Waals surface area contributed by atoms with Crippen molar-refractivity contribution in [2.75, 3.05) is 24.5 Å². The Hall–Kier alpha value is -1.13. The van der Waals surface area contributed by atoms with Crippen LogP contribution in [0.4, 0.5) is 5.69 Å². The summed E-state index contributed by atoms with van der Waals surface area (Å²) in [4.78, 5) is 5.66. The maximum absolute atomic E-state index is 5.89. The number of hydrogen-bond donors (Lipinski definition) is 1. The van der Waals surface area contributed by atoms with Crippen molar-refractivity contribution in [1.29, 1.82) is 0 Å². The van der Waals surface area contributed by atoms with Crippen molar-refractivity contribution in [3.05, 3.63) is 29.8 Å². The molecule has 2 saturated heterocycles. The summed E-state index contributed by atoms with van der Waals surface area (Å²) < 4.78 is 0. The van der Waals surface area contributed by atoms with Crippen molar-refractivity contribution >= 4 is 22.9 Å². The van der Waals surface area contributed by atoms with Crippen LogP contribution in [0.2, 0.25) is 0 Å². The Morgan fingerprint density at radius 2 is 2.05 bits per heavy atom. The highest BCUT2D eigenvalue weighted by Crippen LogP contribution is 2.30. The molecule has 1 aromatic carbocycles. The zero-order chi connectivity index (χ0) is 14.1. The second-order valence-electron chi connectivity index (χ2n) is 6.03. The first-order valence-corrected chi connectivity index (χ1v) is 7.97. The quantitative estimate of drug-likeness (QED) is 0.847. The van der Waals surface area contributed by atoms with Crippen molar-refractivity contribution in [2.24, 2.45) is 5.73 Å². The van der Waals surface area contributed by atoms with Crippen LogP contribution in [0.15, 0.2) is 24.3 Å². The van der Waals surface area contributed by atoms with Crippen LogP contribution in [0.3, 0.4) is 0 Å². The lowest BCUT2D eigenvalue weighted by molar-refractivity contribution is 0.115. The minimum Gasteiger partial charge on any atom is -0.389 e. The van der Waals surface area contributed by atoms with E-state index in [9.17, 15) is 0 Å². The molecule has 20 heavy (non-hydrogen) atoms. The van der Waals surface area contributed by atoms with Crippen LogP contribution in [-0.4, -0.2) is 41.6 Å². The Morgan fingerprint density at radius 1 is 1.25 bits per heavy atom. The van der Waals surface area contributed by atoms with E-state index in [0.717, 1.165) is 18.7 Å². The molecule has 0 spiro atoms.